The van der Waals surface area contributed by atoms with E-state index in [9.17, 15) is 4.79 Å². The Morgan fingerprint density at radius 2 is 1.75 bits per heavy atom. The van der Waals surface area contributed by atoms with Gasteiger partial charge in [-0.05, 0) is 43.0 Å². The van der Waals surface area contributed by atoms with E-state index in [0.29, 0.717) is 17.5 Å². The second-order valence-electron chi connectivity index (χ2n) is 8.03. The van der Waals surface area contributed by atoms with Gasteiger partial charge in [-0.3, -0.25) is 4.79 Å². The normalized spacial score (nSPS) is 11.7. The first-order chi connectivity index (χ1) is 15.4. The molecule has 0 saturated carbocycles. The summed E-state index contributed by atoms with van der Waals surface area (Å²) in [7, 11) is 5.03. The summed E-state index contributed by atoms with van der Waals surface area (Å²) in [6.45, 7) is 6.50. The van der Waals surface area contributed by atoms with Crippen LogP contribution in [0.5, 0.6) is 11.5 Å². The van der Waals surface area contributed by atoms with Crippen molar-refractivity contribution in [3.63, 3.8) is 0 Å². The Bertz CT molecular complexity index is 1060. The third-order valence-electron chi connectivity index (χ3n) is 5.53. The van der Waals surface area contributed by atoms with Crippen LogP contribution in [0.4, 0.5) is 0 Å². The first-order valence-corrected chi connectivity index (χ1v) is 12.3. The van der Waals surface area contributed by atoms with Crippen molar-refractivity contribution >= 4 is 21.4 Å². The number of rotatable bonds is 9. The Hall–Kier alpha value is -2.31. The molecule has 6 heteroatoms. The highest BCUT2D eigenvalue weighted by atomic mass is 32.1. The number of aryl methyl sites for hydroxylation is 2. The minimum absolute atomic E-state index is 0.0418. The van der Waals surface area contributed by atoms with Crippen LogP contribution in [0.25, 0.3) is 21.2 Å². The maximum Gasteiger partial charge on any atom is 0.259 e. The number of pyridine rings is 1. The van der Waals surface area contributed by atoms with Gasteiger partial charge in [0.15, 0.2) is 11.5 Å². The lowest BCUT2D eigenvalue weighted by Gasteiger charge is -2.11. The van der Waals surface area contributed by atoms with Crippen LogP contribution in [0.2, 0.25) is 0 Å². The SMILES string of the molecule is CCCCC(N)CCC.CCc1cc2c(=O)n(C)cc(-c3ccc(OC)c(OC)c3)c2s1. The molecule has 1 atom stereocenters. The Labute approximate surface area is 196 Å². The largest absolute Gasteiger partial charge is 0.493 e. The lowest BCUT2D eigenvalue weighted by Crippen LogP contribution is -2.18. The molecule has 3 rings (SSSR count). The number of hydrogen-bond donors (Lipinski definition) is 1. The Morgan fingerprint density at radius 3 is 2.34 bits per heavy atom. The van der Waals surface area contributed by atoms with Crippen molar-refractivity contribution < 1.29 is 9.47 Å². The Kier molecular flexibility index (Phi) is 10.3. The standard InChI is InChI=1S/C18H19NO3S.C8H19N/c1-5-12-9-13-17(23-12)14(10-19(2)18(13)20)11-6-7-15(21-3)16(8-11)22-4;1-3-5-7-8(9)6-4-2/h6-10H,5H2,1-4H3;8H,3-7,9H2,1-2H3. The van der Waals surface area contributed by atoms with Gasteiger partial charge in [0.1, 0.15) is 0 Å². The zero-order valence-corrected chi connectivity index (χ0v) is 21.2. The fraction of sp³-hybridized carbons (Fsp3) is 0.500. The van der Waals surface area contributed by atoms with Gasteiger partial charge in [-0.25, -0.2) is 0 Å². The van der Waals surface area contributed by atoms with Gasteiger partial charge < -0.3 is 19.8 Å². The van der Waals surface area contributed by atoms with Crippen LogP contribution in [0.1, 0.15) is 57.8 Å². The monoisotopic (exact) mass is 458 g/mol. The molecular formula is C26H38N2O3S. The lowest BCUT2D eigenvalue weighted by atomic mass is 10.1. The van der Waals surface area contributed by atoms with Gasteiger partial charge in [-0.2, -0.15) is 0 Å². The molecule has 1 aromatic carbocycles. The van der Waals surface area contributed by atoms with Gasteiger partial charge in [0.05, 0.1) is 19.6 Å². The fourth-order valence-corrected chi connectivity index (χ4v) is 4.79. The molecule has 0 bridgehead atoms. The number of aromatic nitrogens is 1. The molecule has 1 unspecified atom stereocenters. The number of nitrogens with two attached hydrogens (primary N) is 1. The van der Waals surface area contributed by atoms with Crippen molar-refractivity contribution in [2.24, 2.45) is 12.8 Å². The van der Waals surface area contributed by atoms with E-state index in [-0.39, 0.29) is 5.56 Å². The highest BCUT2D eigenvalue weighted by molar-refractivity contribution is 7.19. The number of thiophene rings is 1. The van der Waals surface area contributed by atoms with E-state index in [0.717, 1.165) is 27.6 Å². The Morgan fingerprint density at radius 1 is 1.03 bits per heavy atom. The van der Waals surface area contributed by atoms with Gasteiger partial charge in [0.25, 0.3) is 5.56 Å². The number of fused-ring (bicyclic) bond motifs is 1. The van der Waals surface area contributed by atoms with Crippen molar-refractivity contribution in [1.82, 2.24) is 4.57 Å². The highest BCUT2D eigenvalue weighted by Gasteiger charge is 2.14. The molecule has 0 spiro atoms. The summed E-state index contributed by atoms with van der Waals surface area (Å²) in [6.07, 6.45) is 9.02. The van der Waals surface area contributed by atoms with Crippen LogP contribution in [-0.2, 0) is 13.5 Å². The molecule has 2 heterocycles. The number of nitrogens with zero attached hydrogens (tertiary/aromatic N) is 1. The van der Waals surface area contributed by atoms with Crippen LogP contribution in [-0.4, -0.2) is 24.8 Å². The molecule has 32 heavy (non-hydrogen) atoms. The summed E-state index contributed by atoms with van der Waals surface area (Å²) >= 11 is 1.68. The van der Waals surface area contributed by atoms with E-state index >= 15 is 0 Å². The van der Waals surface area contributed by atoms with Crippen molar-refractivity contribution in [2.45, 2.75) is 65.3 Å². The van der Waals surface area contributed by atoms with Crippen LogP contribution < -0.4 is 20.8 Å². The third kappa shape index (κ3) is 6.36. The van der Waals surface area contributed by atoms with Crippen molar-refractivity contribution in [3.05, 3.63) is 45.7 Å². The Balaban J connectivity index is 0.000000344. The molecule has 2 aromatic heterocycles. The minimum Gasteiger partial charge on any atom is -0.493 e. The third-order valence-corrected chi connectivity index (χ3v) is 6.84. The van der Waals surface area contributed by atoms with E-state index in [2.05, 4.69) is 20.8 Å². The first kappa shape index (κ1) is 25.9. The average Bonchev–Trinajstić information content (AvgIpc) is 3.25. The maximum absolute atomic E-state index is 12.4. The summed E-state index contributed by atoms with van der Waals surface area (Å²) in [6, 6.07) is 8.30. The number of hydrogen-bond acceptors (Lipinski definition) is 5. The molecule has 0 aliphatic heterocycles. The van der Waals surface area contributed by atoms with Crippen LogP contribution in [0, 0.1) is 0 Å². The van der Waals surface area contributed by atoms with Gasteiger partial charge in [-0.1, -0.05) is 46.1 Å². The molecule has 0 aliphatic carbocycles. The molecule has 0 radical (unpaired) electrons. The summed E-state index contributed by atoms with van der Waals surface area (Å²) in [5, 5.41) is 0.779. The number of methoxy groups -OCH3 is 2. The molecule has 0 saturated heterocycles. The van der Waals surface area contributed by atoms with E-state index in [1.807, 2.05) is 30.5 Å². The van der Waals surface area contributed by atoms with Crippen LogP contribution in [0.3, 0.4) is 0 Å². The van der Waals surface area contributed by atoms with E-state index < -0.39 is 0 Å². The van der Waals surface area contributed by atoms with Crippen molar-refractivity contribution in [2.75, 3.05) is 14.2 Å². The van der Waals surface area contributed by atoms with E-state index in [4.69, 9.17) is 15.2 Å². The van der Waals surface area contributed by atoms with Gasteiger partial charge in [0, 0.05) is 34.4 Å². The second-order valence-corrected chi connectivity index (χ2v) is 9.17. The quantitative estimate of drug-likeness (QED) is 0.417. The molecular weight excluding hydrogens is 420 g/mol. The summed E-state index contributed by atoms with van der Waals surface area (Å²) in [4.78, 5) is 13.6. The van der Waals surface area contributed by atoms with Crippen molar-refractivity contribution in [3.8, 4) is 22.6 Å². The van der Waals surface area contributed by atoms with Crippen LogP contribution >= 0.6 is 11.3 Å². The van der Waals surface area contributed by atoms with Gasteiger partial charge in [-0.15, -0.1) is 11.3 Å². The van der Waals surface area contributed by atoms with E-state index in [1.54, 1.807) is 37.2 Å². The number of ether oxygens (including phenoxy) is 2. The molecule has 176 valence electrons. The summed E-state index contributed by atoms with van der Waals surface area (Å²) in [5.74, 6) is 1.37. The topological polar surface area (TPSA) is 66.5 Å². The molecule has 5 nitrogen and oxygen atoms in total. The summed E-state index contributed by atoms with van der Waals surface area (Å²) in [5.41, 5.74) is 7.85. The average molecular weight is 459 g/mol. The maximum atomic E-state index is 12.4. The summed E-state index contributed by atoms with van der Waals surface area (Å²) < 4.78 is 13.4. The number of unbranched alkanes of at least 4 members (excludes halogenated alkanes) is 1. The van der Waals surface area contributed by atoms with Gasteiger partial charge >= 0.3 is 0 Å². The zero-order chi connectivity index (χ0) is 23.7. The molecule has 0 amide bonds. The first-order valence-electron chi connectivity index (χ1n) is 11.5. The van der Waals surface area contributed by atoms with E-state index in [1.165, 1.54) is 37.0 Å². The molecule has 0 fully saturated rings. The van der Waals surface area contributed by atoms with Crippen LogP contribution in [0.15, 0.2) is 35.3 Å². The lowest BCUT2D eigenvalue weighted by molar-refractivity contribution is 0.355. The van der Waals surface area contributed by atoms with Crippen molar-refractivity contribution in [1.29, 1.82) is 0 Å². The fourth-order valence-electron chi connectivity index (χ4n) is 3.67. The van der Waals surface area contributed by atoms with Gasteiger partial charge in [0.2, 0.25) is 0 Å². The molecule has 2 N–H and O–H groups in total. The predicted octanol–water partition coefficient (Wildman–Crippen LogP) is 6.15. The second kappa shape index (κ2) is 12.7. The zero-order valence-electron chi connectivity index (χ0n) is 20.4. The number of benzene rings is 1. The highest BCUT2D eigenvalue weighted by Crippen LogP contribution is 2.37. The smallest absolute Gasteiger partial charge is 0.259 e. The molecule has 0 aliphatic rings. The minimum atomic E-state index is 0.0418. The predicted molar refractivity (Wildman–Crippen MR) is 137 cm³/mol. The molecule has 3 aromatic rings.